The Morgan fingerprint density at radius 2 is 1.78 bits per heavy atom. The van der Waals surface area contributed by atoms with Gasteiger partial charge in [0.05, 0.1) is 4.90 Å². The van der Waals surface area contributed by atoms with Crippen LogP contribution >= 0.6 is 0 Å². The molecule has 6 heteroatoms. The maximum Gasteiger partial charge on any atom is 0.253 e. The van der Waals surface area contributed by atoms with Crippen LogP contribution in [0.1, 0.15) is 57.3 Å². The number of sulfonamides is 1. The predicted octanol–water partition coefficient (Wildman–Crippen LogP) is 3.03. The van der Waals surface area contributed by atoms with Crippen molar-refractivity contribution >= 4 is 15.9 Å². The molecule has 1 unspecified atom stereocenters. The van der Waals surface area contributed by atoms with E-state index < -0.39 is 10.0 Å². The van der Waals surface area contributed by atoms with Crippen molar-refractivity contribution in [1.82, 2.24) is 9.62 Å². The molecule has 0 aromatic heterocycles. The smallest absolute Gasteiger partial charge is 0.253 e. The van der Waals surface area contributed by atoms with Crippen LogP contribution in [-0.4, -0.2) is 38.4 Å². The van der Waals surface area contributed by atoms with Gasteiger partial charge in [0, 0.05) is 24.7 Å². The third-order valence-corrected chi connectivity index (χ3v) is 5.22. The molecule has 0 saturated heterocycles. The summed E-state index contributed by atoms with van der Waals surface area (Å²) in [6.07, 6.45) is 2.46. The van der Waals surface area contributed by atoms with E-state index in [1.807, 2.05) is 27.7 Å². The zero-order valence-corrected chi connectivity index (χ0v) is 15.3. The lowest BCUT2D eigenvalue weighted by atomic mass is 10.2. The van der Waals surface area contributed by atoms with Crippen molar-refractivity contribution in [2.75, 3.05) is 13.1 Å². The molecule has 130 valence electrons. The molecule has 1 N–H and O–H groups in total. The molecule has 0 spiro atoms. The second-order valence-electron chi connectivity index (χ2n) is 5.75. The van der Waals surface area contributed by atoms with Gasteiger partial charge in [0.1, 0.15) is 0 Å². The average molecular weight is 340 g/mol. The standard InChI is InChI=1S/C17H28N2O3S/c1-5-11-19(12-6-2)17(20)15-9-8-10-16(13-15)23(21,22)18-14(4)7-3/h8-10,13-14,18H,5-7,11-12H2,1-4H3. The van der Waals surface area contributed by atoms with Crippen molar-refractivity contribution in [3.63, 3.8) is 0 Å². The first kappa shape index (κ1) is 19.6. The van der Waals surface area contributed by atoms with Crippen molar-refractivity contribution in [1.29, 1.82) is 0 Å². The summed E-state index contributed by atoms with van der Waals surface area (Å²) in [5.74, 6) is -0.116. The van der Waals surface area contributed by atoms with E-state index in [2.05, 4.69) is 4.72 Å². The second kappa shape index (κ2) is 9.03. The first-order valence-electron chi connectivity index (χ1n) is 8.27. The van der Waals surface area contributed by atoms with Crippen LogP contribution in [0.4, 0.5) is 0 Å². The lowest BCUT2D eigenvalue weighted by Gasteiger charge is -2.22. The van der Waals surface area contributed by atoms with Crippen molar-refractivity contribution < 1.29 is 13.2 Å². The van der Waals surface area contributed by atoms with E-state index in [4.69, 9.17) is 0 Å². The van der Waals surface area contributed by atoms with Crippen molar-refractivity contribution in [2.24, 2.45) is 0 Å². The van der Waals surface area contributed by atoms with Gasteiger partial charge in [-0.3, -0.25) is 4.79 Å². The minimum absolute atomic E-state index is 0.116. The normalized spacial score (nSPS) is 12.9. The van der Waals surface area contributed by atoms with E-state index in [1.54, 1.807) is 17.0 Å². The summed E-state index contributed by atoms with van der Waals surface area (Å²) < 4.78 is 27.3. The number of nitrogens with zero attached hydrogens (tertiary/aromatic N) is 1. The molecule has 0 aliphatic heterocycles. The average Bonchev–Trinajstić information content (AvgIpc) is 2.53. The highest BCUT2D eigenvalue weighted by molar-refractivity contribution is 7.89. The Hall–Kier alpha value is -1.40. The molecular formula is C17H28N2O3S. The minimum Gasteiger partial charge on any atom is -0.339 e. The van der Waals surface area contributed by atoms with E-state index in [-0.39, 0.29) is 16.8 Å². The van der Waals surface area contributed by atoms with Gasteiger partial charge in [-0.05, 0) is 44.4 Å². The van der Waals surface area contributed by atoms with E-state index >= 15 is 0 Å². The van der Waals surface area contributed by atoms with E-state index in [0.29, 0.717) is 25.1 Å². The van der Waals surface area contributed by atoms with Crippen LogP contribution in [0.15, 0.2) is 29.2 Å². The summed E-state index contributed by atoms with van der Waals surface area (Å²) in [5, 5.41) is 0. The van der Waals surface area contributed by atoms with Crippen LogP contribution in [-0.2, 0) is 10.0 Å². The lowest BCUT2D eigenvalue weighted by Crippen LogP contribution is -2.33. The summed E-state index contributed by atoms with van der Waals surface area (Å²) in [6.45, 7) is 9.13. The number of hydrogen-bond acceptors (Lipinski definition) is 3. The van der Waals surface area contributed by atoms with Gasteiger partial charge in [-0.15, -0.1) is 0 Å². The highest BCUT2D eigenvalue weighted by atomic mass is 32.2. The third kappa shape index (κ3) is 5.62. The molecular weight excluding hydrogens is 312 g/mol. The maximum absolute atomic E-state index is 12.6. The molecule has 0 radical (unpaired) electrons. The van der Waals surface area contributed by atoms with Gasteiger partial charge >= 0.3 is 0 Å². The molecule has 0 aliphatic rings. The van der Waals surface area contributed by atoms with Gasteiger partial charge < -0.3 is 4.90 Å². The number of nitrogens with one attached hydrogen (secondary N) is 1. The first-order valence-corrected chi connectivity index (χ1v) is 9.75. The molecule has 0 heterocycles. The van der Waals surface area contributed by atoms with Crippen LogP contribution < -0.4 is 4.72 Å². The van der Waals surface area contributed by atoms with Crippen LogP contribution in [0.3, 0.4) is 0 Å². The Kier molecular flexibility index (Phi) is 7.72. The largest absolute Gasteiger partial charge is 0.339 e. The second-order valence-corrected chi connectivity index (χ2v) is 7.46. The molecule has 1 aromatic rings. The number of carbonyl (C=O) groups is 1. The summed E-state index contributed by atoms with van der Waals surface area (Å²) in [6, 6.07) is 6.13. The summed E-state index contributed by atoms with van der Waals surface area (Å²) in [5.41, 5.74) is 0.416. The van der Waals surface area contributed by atoms with Crippen molar-refractivity contribution in [2.45, 2.75) is 57.9 Å². The van der Waals surface area contributed by atoms with E-state index in [1.165, 1.54) is 12.1 Å². The molecule has 1 atom stereocenters. The molecule has 0 bridgehead atoms. The van der Waals surface area contributed by atoms with Gasteiger partial charge in [0.15, 0.2) is 0 Å². The molecule has 1 aromatic carbocycles. The molecule has 0 fully saturated rings. The molecule has 1 rings (SSSR count). The topological polar surface area (TPSA) is 66.5 Å². The Morgan fingerprint density at radius 3 is 2.30 bits per heavy atom. The molecule has 23 heavy (non-hydrogen) atoms. The molecule has 0 aliphatic carbocycles. The molecule has 1 amide bonds. The summed E-state index contributed by atoms with van der Waals surface area (Å²) in [4.78, 5) is 14.5. The Morgan fingerprint density at radius 1 is 1.17 bits per heavy atom. The zero-order valence-electron chi connectivity index (χ0n) is 14.5. The quantitative estimate of drug-likeness (QED) is 0.751. The van der Waals surface area contributed by atoms with Crippen LogP contribution in [0, 0.1) is 0 Å². The van der Waals surface area contributed by atoms with Crippen molar-refractivity contribution in [3.05, 3.63) is 29.8 Å². The molecule has 0 saturated carbocycles. The first-order chi connectivity index (χ1) is 10.9. The van der Waals surface area contributed by atoms with Crippen LogP contribution in [0.2, 0.25) is 0 Å². The van der Waals surface area contributed by atoms with Crippen LogP contribution in [0.5, 0.6) is 0 Å². The fourth-order valence-electron chi connectivity index (χ4n) is 2.25. The highest BCUT2D eigenvalue weighted by Gasteiger charge is 2.20. The number of carbonyl (C=O) groups excluding carboxylic acids is 1. The maximum atomic E-state index is 12.6. The summed E-state index contributed by atoms with van der Waals surface area (Å²) >= 11 is 0. The van der Waals surface area contributed by atoms with Gasteiger partial charge in [0.2, 0.25) is 10.0 Å². The number of amides is 1. The van der Waals surface area contributed by atoms with Crippen LogP contribution in [0.25, 0.3) is 0 Å². The Labute approximate surface area is 140 Å². The van der Waals surface area contributed by atoms with E-state index in [0.717, 1.165) is 12.8 Å². The van der Waals surface area contributed by atoms with Gasteiger partial charge in [0.25, 0.3) is 5.91 Å². The number of rotatable bonds is 9. The summed E-state index contributed by atoms with van der Waals surface area (Å²) in [7, 11) is -3.60. The number of hydrogen-bond donors (Lipinski definition) is 1. The SMILES string of the molecule is CCCN(CCC)C(=O)c1cccc(S(=O)(=O)NC(C)CC)c1. The van der Waals surface area contributed by atoms with Gasteiger partial charge in [-0.2, -0.15) is 0 Å². The fraction of sp³-hybridized carbons (Fsp3) is 0.588. The minimum atomic E-state index is -3.60. The molecule has 5 nitrogen and oxygen atoms in total. The van der Waals surface area contributed by atoms with Crippen molar-refractivity contribution in [3.8, 4) is 0 Å². The zero-order chi connectivity index (χ0) is 17.5. The Balaban J connectivity index is 3.06. The Bertz CT molecular complexity index is 608. The lowest BCUT2D eigenvalue weighted by molar-refractivity contribution is 0.0755. The predicted molar refractivity (Wildman–Crippen MR) is 93.0 cm³/mol. The number of benzene rings is 1. The third-order valence-electron chi connectivity index (χ3n) is 3.63. The monoisotopic (exact) mass is 340 g/mol. The van der Waals surface area contributed by atoms with Gasteiger partial charge in [-0.1, -0.05) is 26.8 Å². The van der Waals surface area contributed by atoms with Gasteiger partial charge in [-0.25, -0.2) is 13.1 Å². The fourth-order valence-corrected chi connectivity index (χ4v) is 3.62. The van der Waals surface area contributed by atoms with E-state index in [9.17, 15) is 13.2 Å². The highest BCUT2D eigenvalue weighted by Crippen LogP contribution is 2.15.